The molecule has 10 nitrogen and oxygen atoms in total. The molecule has 10 heteroatoms. The average molecular weight is 629 g/mol. The van der Waals surface area contributed by atoms with E-state index in [0.717, 1.165) is 36.8 Å². The summed E-state index contributed by atoms with van der Waals surface area (Å²) in [6.07, 6.45) is 2.57. The van der Waals surface area contributed by atoms with Crippen molar-refractivity contribution in [1.82, 2.24) is 10.6 Å². The lowest BCUT2D eigenvalue weighted by atomic mass is 9.96. The SMILES string of the molecule is CCC(CNC(=O)OC(C)(C)C)Cc1ccc(C(=O)OC)cc1.COC(=O)c1ccc(CCC(C)NC(=O)OC(C)(C)C)cc1. The number of carbonyl (C=O) groups excluding carboxylic acids is 4. The van der Waals surface area contributed by atoms with Crippen molar-refractivity contribution in [3.05, 3.63) is 70.8 Å². The van der Waals surface area contributed by atoms with Crippen molar-refractivity contribution in [3.63, 3.8) is 0 Å². The van der Waals surface area contributed by atoms with Crippen molar-refractivity contribution >= 4 is 24.1 Å². The Morgan fingerprint density at radius 1 is 0.711 bits per heavy atom. The Bertz CT molecular complexity index is 1210. The summed E-state index contributed by atoms with van der Waals surface area (Å²) in [5.74, 6) is -0.367. The van der Waals surface area contributed by atoms with Gasteiger partial charge in [-0.3, -0.25) is 0 Å². The molecule has 0 saturated carbocycles. The van der Waals surface area contributed by atoms with Crippen LogP contribution >= 0.6 is 0 Å². The molecule has 2 aromatic rings. The van der Waals surface area contributed by atoms with Crippen LogP contribution in [0.15, 0.2) is 48.5 Å². The van der Waals surface area contributed by atoms with Gasteiger partial charge < -0.3 is 29.6 Å². The molecule has 0 saturated heterocycles. The van der Waals surface area contributed by atoms with Crippen LogP contribution in [0.5, 0.6) is 0 Å². The molecule has 2 rings (SSSR count). The Labute approximate surface area is 268 Å². The second-order valence-corrected chi connectivity index (χ2v) is 12.8. The molecule has 0 spiro atoms. The van der Waals surface area contributed by atoms with E-state index in [-0.39, 0.29) is 18.0 Å². The standard InChI is InChI=1S/C18H27NO4.C17H25NO4/c1-6-13(12-19-17(21)23-18(2,3)4)11-14-7-9-15(10-8-14)16(20)22-5;1-12(18-16(20)22-17(2,3)4)6-7-13-8-10-14(11-9-13)15(19)21-5/h7-10,13H,6,11-12H2,1-5H3,(H,19,21);8-12H,6-7H2,1-5H3,(H,18,20). The van der Waals surface area contributed by atoms with Crippen LogP contribution in [0, 0.1) is 5.92 Å². The summed E-state index contributed by atoms with van der Waals surface area (Å²) < 4.78 is 19.8. The maximum absolute atomic E-state index is 11.7. The fraction of sp³-hybridized carbons (Fsp3) is 0.543. The third kappa shape index (κ3) is 17.1. The van der Waals surface area contributed by atoms with E-state index in [9.17, 15) is 19.2 Å². The van der Waals surface area contributed by atoms with Crippen molar-refractivity contribution < 1.29 is 38.1 Å². The largest absolute Gasteiger partial charge is 0.465 e. The van der Waals surface area contributed by atoms with Gasteiger partial charge in [0.05, 0.1) is 25.3 Å². The van der Waals surface area contributed by atoms with E-state index in [4.69, 9.17) is 9.47 Å². The van der Waals surface area contributed by atoms with Crippen LogP contribution in [0.2, 0.25) is 0 Å². The topological polar surface area (TPSA) is 129 Å². The highest BCUT2D eigenvalue weighted by Gasteiger charge is 2.19. The summed E-state index contributed by atoms with van der Waals surface area (Å²) in [5, 5.41) is 5.62. The number of rotatable bonds is 11. The highest BCUT2D eigenvalue weighted by molar-refractivity contribution is 5.89. The fourth-order valence-corrected chi connectivity index (χ4v) is 4.02. The number of amides is 2. The average Bonchev–Trinajstić information content (AvgIpc) is 2.96. The van der Waals surface area contributed by atoms with E-state index in [2.05, 4.69) is 27.0 Å². The summed E-state index contributed by atoms with van der Waals surface area (Å²) in [6, 6.07) is 14.6. The maximum Gasteiger partial charge on any atom is 0.407 e. The summed E-state index contributed by atoms with van der Waals surface area (Å²) in [7, 11) is 2.73. The van der Waals surface area contributed by atoms with Gasteiger partial charge in [0.15, 0.2) is 0 Å². The van der Waals surface area contributed by atoms with Crippen molar-refractivity contribution in [3.8, 4) is 0 Å². The lowest BCUT2D eigenvalue weighted by molar-refractivity contribution is 0.0499. The molecule has 2 atom stereocenters. The summed E-state index contributed by atoms with van der Waals surface area (Å²) in [6.45, 7) is 15.6. The minimum atomic E-state index is -0.493. The van der Waals surface area contributed by atoms with Gasteiger partial charge in [-0.05, 0) is 109 Å². The lowest BCUT2D eigenvalue weighted by Gasteiger charge is -2.22. The van der Waals surface area contributed by atoms with Crippen LogP contribution in [0.4, 0.5) is 9.59 Å². The van der Waals surface area contributed by atoms with Gasteiger partial charge in [-0.25, -0.2) is 19.2 Å². The van der Waals surface area contributed by atoms with E-state index in [1.807, 2.05) is 72.7 Å². The molecule has 0 aliphatic carbocycles. The van der Waals surface area contributed by atoms with Gasteiger partial charge >= 0.3 is 24.1 Å². The minimum Gasteiger partial charge on any atom is -0.465 e. The maximum atomic E-state index is 11.7. The molecule has 0 aliphatic rings. The number of benzene rings is 2. The number of hydrogen-bond acceptors (Lipinski definition) is 8. The van der Waals surface area contributed by atoms with Crippen molar-refractivity contribution in [2.75, 3.05) is 20.8 Å². The van der Waals surface area contributed by atoms with Crippen LogP contribution in [-0.4, -0.2) is 62.1 Å². The second kappa shape index (κ2) is 18.7. The Morgan fingerprint density at radius 3 is 1.58 bits per heavy atom. The number of methoxy groups -OCH3 is 2. The molecule has 45 heavy (non-hydrogen) atoms. The van der Waals surface area contributed by atoms with Crippen molar-refractivity contribution in [2.45, 2.75) is 98.3 Å². The first-order valence-corrected chi connectivity index (χ1v) is 15.3. The lowest BCUT2D eigenvalue weighted by Crippen LogP contribution is -2.37. The zero-order valence-electron chi connectivity index (χ0n) is 28.6. The molecule has 0 heterocycles. The molecule has 0 radical (unpaired) electrons. The fourth-order valence-electron chi connectivity index (χ4n) is 4.02. The van der Waals surface area contributed by atoms with E-state index < -0.39 is 23.4 Å². The molecule has 2 unspecified atom stereocenters. The number of aryl methyl sites for hydroxylation is 1. The van der Waals surface area contributed by atoms with Gasteiger partial charge in [0.25, 0.3) is 0 Å². The first-order valence-electron chi connectivity index (χ1n) is 15.3. The van der Waals surface area contributed by atoms with Crippen molar-refractivity contribution in [1.29, 1.82) is 0 Å². The van der Waals surface area contributed by atoms with E-state index in [1.165, 1.54) is 14.2 Å². The molecule has 0 bridgehead atoms. The summed E-state index contributed by atoms with van der Waals surface area (Å²) in [4.78, 5) is 46.1. The Morgan fingerprint density at radius 2 is 1.16 bits per heavy atom. The number of hydrogen-bond donors (Lipinski definition) is 2. The molecule has 0 fully saturated rings. The summed E-state index contributed by atoms with van der Waals surface area (Å²) >= 11 is 0. The molecule has 2 aromatic carbocycles. The van der Waals surface area contributed by atoms with Gasteiger partial charge in [-0.1, -0.05) is 37.6 Å². The van der Waals surface area contributed by atoms with Gasteiger partial charge in [0.2, 0.25) is 0 Å². The van der Waals surface area contributed by atoms with Crippen LogP contribution in [0.1, 0.15) is 100 Å². The monoisotopic (exact) mass is 628 g/mol. The first-order chi connectivity index (χ1) is 21.0. The molecule has 2 amide bonds. The normalized spacial score (nSPS) is 12.4. The molecule has 0 aliphatic heterocycles. The van der Waals surface area contributed by atoms with E-state index in [1.54, 1.807) is 24.3 Å². The number of alkyl carbamates (subject to hydrolysis) is 2. The minimum absolute atomic E-state index is 0.00938. The molecule has 0 aromatic heterocycles. The van der Waals surface area contributed by atoms with Crippen LogP contribution < -0.4 is 10.6 Å². The number of carbonyl (C=O) groups is 4. The van der Waals surface area contributed by atoms with Crippen LogP contribution in [-0.2, 0) is 31.8 Å². The molecular weight excluding hydrogens is 576 g/mol. The third-order valence-corrected chi connectivity index (χ3v) is 6.41. The first kappa shape index (κ1) is 38.9. The predicted octanol–water partition coefficient (Wildman–Crippen LogP) is 6.89. The number of nitrogens with one attached hydrogen (secondary N) is 2. The second-order valence-electron chi connectivity index (χ2n) is 12.8. The Balaban J connectivity index is 0.000000450. The zero-order valence-corrected chi connectivity index (χ0v) is 28.6. The van der Waals surface area contributed by atoms with Crippen molar-refractivity contribution in [2.24, 2.45) is 5.92 Å². The van der Waals surface area contributed by atoms with E-state index in [0.29, 0.717) is 23.6 Å². The van der Waals surface area contributed by atoms with Gasteiger partial charge in [-0.2, -0.15) is 0 Å². The predicted molar refractivity (Wildman–Crippen MR) is 174 cm³/mol. The Kier molecular flexibility index (Phi) is 16.2. The molecule has 250 valence electrons. The smallest absolute Gasteiger partial charge is 0.407 e. The van der Waals surface area contributed by atoms with E-state index >= 15 is 0 Å². The van der Waals surface area contributed by atoms with Gasteiger partial charge in [-0.15, -0.1) is 0 Å². The molecule has 2 N–H and O–H groups in total. The number of ether oxygens (including phenoxy) is 4. The van der Waals surface area contributed by atoms with Crippen LogP contribution in [0.25, 0.3) is 0 Å². The number of esters is 2. The van der Waals surface area contributed by atoms with Gasteiger partial charge in [0, 0.05) is 12.6 Å². The highest BCUT2D eigenvalue weighted by Crippen LogP contribution is 2.15. The van der Waals surface area contributed by atoms with Gasteiger partial charge in [0.1, 0.15) is 11.2 Å². The van der Waals surface area contributed by atoms with Crippen LogP contribution in [0.3, 0.4) is 0 Å². The molecular formula is C35H52N2O8. The summed E-state index contributed by atoms with van der Waals surface area (Å²) in [5.41, 5.74) is 2.31. The zero-order chi connectivity index (χ0) is 34.2. The Hall–Kier alpha value is -4.08. The highest BCUT2D eigenvalue weighted by atomic mass is 16.6. The quantitative estimate of drug-likeness (QED) is 0.203. The third-order valence-electron chi connectivity index (χ3n) is 6.41.